The maximum Gasteiger partial charge on any atom is 0.0583 e. The van der Waals surface area contributed by atoms with Gasteiger partial charge in [-0.2, -0.15) is 0 Å². The van der Waals surface area contributed by atoms with Crippen molar-refractivity contribution in [2.24, 2.45) is 0 Å². The van der Waals surface area contributed by atoms with Gasteiger partial charge < -0.3 is 9.47 Å². The van der Waals surface area contributed by atoms with Crippen molar-refractivity contribution in [3.8, 4) is 11.1 Å². The van der Waals surface area contributed by atoms with E-state index >= 15 is 0 Å². The van der Waals surface area contributed by atoms with Crippen molar-refractivity contribution in [3.05, 3.63) is 59.7 Å². The van der Waals surface area contributed by atoms with Crippen LogP contribution in [-0.2, 0) is 22.3 Å². The molecule has 0 spiro atoms. The van der Waals surface area contributed by atoms with Crippen LogP contribution < -0.4 is 0 Å². The van der Waals surface area contributed by atoms with Gasteiger partial charge in [0.15, 0.2) is 0 Å². The molecule has 2 unspecified atom stereocenters. The van der Waals surface area contributed by atoms with E-state index in [4.69, 9.17) is 9.47 Å². The molecule has 22 heavy (non-hydrogen) atoms. The highest BCUT2D eigenvalue weighted by molar-refractivity contribution is 5.69. The Bertz CT molecular complexity index is 578. The van der Waals surface area contributed by atoms with Gasteiger partial charge in [0.05, 0.1) is 12.2 Å². The predicted molar refractivity (Wildman–Crippen MR) is 92.2 cm³/mol. The Balaban J connectivity index is 2.45. The van der Waals surface area contributed by atoms with E-state index in [0.29, 0.717) is 0 Å². The highest BCUT2D eigenvalue weighted by atomic mass is 16.5. The first kappa shape index (κ1) is 16.7. The van der Waals surface area contributed by atoms with E-state index in [1.165, 1.54) is 22.3 Å². The van der Waals surface area contributed by atoms with E-state index in [1.807, 2.05) is 0 Å². The maximum absolute atomic E-state index is 5.50. The largest absolute Gasteiger partial charge is 0.381 e. The summed E-state index contributed by atoms with van der Waals surface area (Å²) in [5.41, 5.74) is 5.27. The minimum Gasteiger partial charge on any atom is -0.381 e. The average molecular weight is 298 g/mol. The summed E-state index contributed by atoms with van der Waals surface area (Å²) in [4.78, 5) is 0. The Hall–Kier alpha value is -1.64. The number of methoxy groups -OCH3 is 2. The van der Waals surface area contributed by atoms with Crippen LogP contribution in [0.15, 0.2) is 48.5 Å². The van der Waals surface area contributed by atoms with Crippen LogP contribution in [0.5, 0.6) is 0 Å². The molecule has 0 aliphatic carbocycles. The lowest BCUT2D eigenvalue weighted by Gasteiger charge is -2.20. The topological polar surface area (TPSA) is 18.5 Å². The number of benzene rings is 2. The van der Waals surface area contributed by atoms with Crippen molar-refractivity contribution in [3.63, 3.8) is 0 Å². The molecule has 2 nitrogen and oxygen atoms in total. The molecule has 0 aromatic heterocycles. The Labute approximate surface area is 134 Å². The first-order chi connectivity index (χ1) is 10.7. The van der Waals surface area contributed by atoms with Crippen LogP contribution >= 0.6 is 0 Å². The van der Waals surface area contributed by atoms with Gasteiger partial charge in [-0.3, -0.25) is 0 Å². The molecular formula is C20H26O2. The lowest BCUT2D eigenvalue weighted by molar-refractivity contribution is 0.114. The summed E-state index contributed by atoms with van der Waals surface area (Å²) in [6, 6.07) is 17.1. The minimum atomic E-state index is 0.196. The van der Waals surface area contributed by atoms with Crippen LogP contribution in [0.4, 0.5) is 0 Å². The van der Waals surface area contributed by atoms with Crippen LogP contribution in [-0.4, -0.2) is 26.4 Å². The van der Waals surface area contributed by atoms with Crippen molar-refractivity contribution < 1.29 is 9.47 Å². The number of ether oxygens (including phenoxy) is 2. The highest BCUT2D eigenvalue weighted by Gasteiger charge is 2.15. The molecule has 0 saturated heterocycles. The summed E-state index contributed by atoms with van der Waals surface area (Å²) in [7, 11) is 3.54. The Kier molecular flexibility index (Phi) is 6.17. The average Bonchev–Trinajstić information content (AvgIpc) is 2.56. The molecule has 2 rings (SSSR count). The van der Waals surface area contributed by atoms with E-state index in [9.17, 15) is 0 Å². The second-order valence-electron chi connectivity index (χ2n) is 5.81. The zero-order valence-corrected chi connectivity index (χ0v) is 14.0. The molecule has 0 bridgehead atoms. The molecule has 0 aliphatic heterocycles. The molecule has 0 amide bonds. The van der Waals surface area contributed by atoms with E-state index < -0.39 is 0 Å². The molecule has 0 saturated carbocycles. The number of hydrogen-bond acceptors (Lipinski definition) is 2. The molecule has 2 atom stereocenters. The quantitative estimate of drug-likeness (QED) is 0.749. The Morgan fingerprint density at radius 2 is 1.41 bits per heavy atom. The van der Waals surface area contributed by atoms with Gasteiger partial charge in [-0.25, -0.2) is 0 Å². The monoisotopic (exact) mass is 298 g/mol. The summed E-state index contributed by atoms with van der Waals surface area (Å²) in [5.74, 6) is 0. The van der Waals surface area contributed by atoms with E-state index in [0.717, 1.165) is 12.8 Å². The fraction of sp³-hybridized carbons (Fsp3) is 0.400. The summed E-state index contributed by atoms with van der Waals surface area (Å²) in [6.07, 6.45) is 2.24. The Morgan fingerprint density at radius 1 is 0.773 bits per heavy atom. The second-order valence-corrected chi connectivity index (χ2v) is 5.81. The van der Waals surface area contributed by atoms with E-state index in [2.05, 4.69) is 62.4 Å². The smallest absolute Gasteiger partial charge is 0.0583 e. The fourth-order valence-corrected chi connectivity index (χ4v) is 2.72. The van der Waals surface area contributed by atoms with Crippen molar-refractivity contribution in [1.82, 2.24) is 0 Å². The molecule has 0 radical (unpaired) electrons. The summed E-state index contributed by atoms with van der Waals surface area (Å²) in [6.45, 7) is 4.23. The van der Waals surface area contributed by atoms with Gasteiger partial charge in [0.25, 0.3) is 0 Å². The first-order valence-corrected chi connectivity index (χ1v) is 7.87. The lowest BCUT2D eigenvalue weighted by atomic mass is 9.90. The molecular weight excluding hydrogens is 272 g/mol. The van der Waals surface area contributed by atoms with Crippen molar-refractivity contribution in [1.29, 1.82) is 0 Å². The normalized spacial score (nSPS) is 13.8. The van der Waals surface area contributed by atoms with E-state index in [1.54, 1.807) is 14.2 Å². The zero-order valence-electron chi connectivity index (χ0n) is 14.0. The van der Waals surface area contributed by atoms with Crippen LogP contribution in [0.1, 0.15) is 25.0 Å². The second kappa shape index (κ2) is 8.11. The third-order valence-electron chi connectivity index (χ3n) is 4.16. The molecule has 0 aliphatic rings. The summed E-state index contributed by atoms with van der Waals surface area (Å²) >= 11 is 0. The number of hydrogen-bond donors (Lipinski definition) is 0. The molecule has 0 N–H and O–H groups in total. The first-order valence-electron chi connectivity index (χ1n) is 7.87. The summed E-state index contributed by atoms with van der Waals surface area (Å²) in [5, 5.41) is 0. The van der Waals surface area contributed by atoms with Crippen LogP contribution in [0, 0.1) is 0 Å². The third-order valence-corrected chi connectivity index (χ3v) is 4.16. The molecule has 0 fully saturated rings. The van der Waals surface area contributed by atoms with Crippen molar-refractivity contribution in [2.45, 2.75) is 38.9 Å². The minimum absolute atomic E-state index is 0.196. The lowest BCUT2D eigenvalue weighted by Crippen LogP contribution is -2.15. The molecule has 2 aromatic rings. The molecule has 2 aromatic carbocycles. The van der Waals surface area contributed by atoms with Gasteiger partial charge in [-0.05, 0) is 48.9 Å². The highest BCUT2D eigenvalue weighted by Crippen LogP contribution is 2.28. The van der Waals surface area contributed by atoms with Gasteiger partial charge in [-0.15, -0.1) is 0 Å². The van der Waals surface area contributed by atoms with Gasteiger partial charge >= 0.3 is 0 Å². The van der Waals surface area contributed by atoms with Crippen LogP contribution in [0.3, 0.4) is 0 Å². The van der Waals surface area contributed by atoms with Crippen LogP contribution in [0.2, 0.25) is 0 Å². The van der Waals surface area contributed by atoms with Crippen LogP contribution in [0.25, 0.3) is 11.1 Å². The van der Waals surface area contributed by atoms with Crippen molar-refractivity contribution >= 4 is 0 Å². The predicted octanol–water partition coefficient (Wildman–Crippen LogP) is 4.51. The fourth-order valence-electron chi connectivity index (χ4n) is 2.72. The molecule has 0 heterocycles. The molecule has 118 valence electrons. The standard InChI is InChI=1S/C20H26O2/c1-15(21-3)13-18-11-8-12-19(17-9-6-5-7-10-17)20(18)14-16(2)22-4/h5-12,15-16H,13-14H2,1-4H3. The SMILES string of the molecule is COC(C)Cc1cccc(-c2ccccc2)c1CC(C)OC. The molecule has 2 heteroatoms. The van der Waals surface area contributed by atoms with Gasteiger partial charge in [0.1, 0.15) is 0 Å². The van der Waals surface area contributed by atoms with Crippen molar-refractivity contribution in [2.75, 3.05) is 14.2 Å². The maximum atomic E-state index is 5.50. The van der Waals surface area contributed by atoms with Gasteiger partial charge in [0, 0.05) is 14.2 Å². The van der Waals surface area contributed by atoms with Gasteiger partial charge in [0.2, 0.25) is 0 Å². The van der Waals surface area contributed by atoms with E-state index in [-0.39, 0.29) is 12.2 Å². The Morgan fingerprint density at radius 3 is 2.05 bits per heavy atom. The zero-order chi connectivity index (χ0) is 15.9. The number of rotatable bonds is 7. The third kappa shape index (κ3) is 4.19. The van der Waals surface area contributed by atoms with Gasteiger partial charge in [-0.1, -0.05) is 48.5 Å². The summed E-state index contributed by atoms with van der Waals surface area (Å²) < 4.78 is 11.0.